The maximum absolute atomic E-state index is 12.7. The molecule has 0 radical (unpaired) electrons. The van der Waals surface area contributed by atoms with Crippen LogP contribution in [0.5, 0.6) is 0 Å². The Morgan fingerprint density at radius 3 is 2.33 bits per heavy atom. The zero-order valence-electron chi connectivity index (χ0n) is 19.4. The van der Waals surface area contributed by atoms with Crippen LogP contribution in [0.15, 0.2) is 16.9 Å². The predicted molar refractivity (Wildman–Crippen MR) is 119 cm³/mol. The summed E-state index contributed by atoms with van der Waals surface area (Å²) < 4.78 is 9.06. The molecule has 1 aliphatic carbocycles. The maximum atomic E-state index is 12.7. The first kappa shape index (κ1) is 22.4. The molecule has 0 aliphatic heterocycles. The number of aromatic nitrogens is 3. The summed E-state index contributed by atoms with van der Waals surface area (Å²) in [6, 6.07) is 4.09. The van der Waals surface area contributed by atoms with Gasteiger partial charge in [-0.15, -0.1) is 0 Å². The van der Waals surface area contributed by atoms with E-state index in [0.717, 1.165) is 42.5 Å². The normalized spacial score (nSPS) is 20.4. The van der Waals surface area contributed by atoms with Crippen molar-refractivity contribution in [3.63, 3.8) is 0 Å². The van der Waals surface area contributed by atoms with Crippen LogP contribution in [-0.4, -0.2) is 31.9 Å². The lowest BCUT2D eigenvalue weighted by atomic mass is 9.85. The number of alkyl carbamates (subject to hydrolysis) is 1. The van der Waals surface area contributed by atoms with Crippen LogP contribution in [0.4, 0.5) is 4.79 Å². The number of rotatable bonds is 3. The molecule has 7 heteroatoms. The number of amides is 1. The quantitative estimate of drug-likeness (QED) is 0.808. The molecule has 30 heavy (non-hydrogen) atoms. The van der Waals surface area contributed by atoms with E-state index >= 15 is 0 Å². The number of hydrogen-bond acceptors (Lipinski definition) is 4. The lowest BCUT2D eigenvalue weighted by molar-refractivity contribution is 0.0663. The highest BCUT2D eigenvalue weighted by atomic mass is 16.6. The molecule has 7 nitrogen and oxygen atoms in total. The third kappa shape index (κ3) is 5.24. The molecule has 0 aromatic carbocycles. The van der Waals surface area contributed by atoms with Crippen LogP contribution in [0.3, 0.4) is 0 Å². The summed E-state index contributed by atoms with van der Waals surface area (Å²) in [7, 11) is 1.79. The van der Waals surface area contributed by atoms with E-state index in [1.54, 1.807) is 11.6 Å². The number of carbonyl (C=O) groups is 1. The lowest BCUT2D eigenvalue weighted by Gasteiger charge is -2.29. The monoisotopic (exact) mass is 416 g/mol. The molecule has 1 aliphatic rings. The van der Waals surface area contributed by atoms with E-state index in [-0.39, 0.29) is 28.8 Å². The number of hydrogen-bond donors (Lipinski definition) is 1. The average molecular weight is 417 g/mol. The number of nitrogens with one attached hydrogen (secondary N) is 1. The largest absolute Gasteiger partial charge is 0.446 e. The first-order chi connectivity index (χ1) is 13.8. The molecule has 2 heterocycles. The van der Waals surface area contributed by atoms with Gasteiger partial charge in [-0.05, 0) is 64.0 Å². The minimum absolute atomic E-state index is 0.00838. The van der Waals surface area contributed by atoms with Crippen LogP contribution in [0, 0.1) is 5.41 Å². The smallest absolute Gasteiger partial charge is 0.407 e. The Balaban J connectivity index is 1.71. The number of pyridine rings is 1. The molecule has 1 saturated carbocycles. The number of imidazole rings is 1. The first-order valence-electron chi connectivity index (χ1n) is 10.9. The zero-order chi connectivity index (χ0) is 22.3. The van der Waals surface area contributed by atoms with Crippen molar-refractivity contribution in [2.45, 2.75) is 91.3 Å². The van der Waals surface area contributed by atoms with Crippen molar-refractivity contribution in [2.24, 2.45) is 12.5 Å². The van der Waals surface area contributed by atoms with Crippen molar-refractivity contribution >= 4 is 17.3 Å². The third-order valence-corrected chi connectivity index (χ3v) is 5.48. The van der Waals surface area contributed by atoms with Gasteiger partial charge in [0.15, 0.2) is 5.65 Å². The molecule has 1 amide bonds. The van der Waals surface area contributed by atoms with Crippen LogP contribution in [0.1, 0.15) is 78.8 Å². The summed E-state index contributed by atoms with van der Waals surface area (Å²) in [4.78, 5) is 29.6. The first-order valence-corrected chi connectivity index (χ1v) is 10.9. The molecular formula is C23H36N4O3. The van der Waals surface area contributed by atoms with Crippen molar-refractivity contribution in [1.29, 1.82) is 0 Å². The molecule has 166 valence electrons. The number of ether oxygens (including phenoxy) is 1. The van der Waals surface area contributed by atoms with Crippen molar-refractivity contribution in [2.75, 3.05) is 0 Å². The molecule has 3 rings (SSSR count). The molecule has 2 aromatic rings. The summed E-state index contributed by atoms with van der Waals surface area (Å²) in [5.41, 5.74) is 2.33. The summed E-state index contributed by atoms with van der Waals surface area (Å²) in [5.74, 6) is 0.320. The summed E-state index contributed by atoms with van der Waals surface area (Å²) >= 11 is 0. The number of nitrogens with zero attached hydrogens (tertiary/aromatic N) is 3. The molecule has 2 aromatic heterocycles. The molecule has 0 unspecified atom stereocenters. The van der Waals surface area contributed by atoms with Gasteiger partial charge in [0.1, 0.15) is 6.10 Å². The van der Waals surface area contributed by atoms with Crippen LogP contribution in [0.25, 0.3) is 11.2 Å². The highest BCUT2D eigenvalue weighted by Gasteiger charge is 2.27. The second-order valence-electron chi connectivity index (χ2n) is 10.8. The minimum atomic E-state index is -0.347. The van der Waals surface area contributed by atoms with Crippen LogP contribution < -0.4 is 11.0 Å². The fourth-order valence-electron chi connectivity index (χ4n) is 4.11. The van der Waals surface area contributed by atoms with Crippen molar-refractivity contribution in [3.05, 3.63) is 28.3 Å². The Labute approximate surface area is 178 Å². The maximum Gasteiger partial charge on any atom is 0.407 e. The van der Waals surface area contributed by atoms with Crippen molar-refractivity contribution in [3.8, 4) is 0 Å². The molecule has 0 spiro atoms. The highest BCUT2D eigenvalue weighted by molar-refractivity contribution is 5.72. The lowest BCUT2D eigenvalue weighted by Crippen LogP contribution is -2.42. The van der Waals surface area contributed by atoms with E-state index < -0.39 is 0 Å². The van der Waals surface area contributed by atoms with Gasteiger partial charge in [0, 0.05) is 30.7 Å². The van der Waals surface area contributed by atoms with E-state index in [2.05, 4.69) is 32.2 Å². The average Bonchev–Trinajstić information content (AvgIpc) is 2.84. The van der Waals surface area contributed by atoms with Gasteiger partial charge in [-0.1, -0.05) is 20.8 Å². The Bertz CT molecular complexity index is 967. The predicted octanol–water partition coefficient (Wildman–Crippen LogP) is 4.33. The molecule has 1 N–H and O–H groups in total. The van der Waals surface area contributed by atoms with E-state index in [4.69, 9.17) is 9.72 Å². The Hall–Kier alpha value is -2.31. The van der Waals surface area contributed by atoms with Crippen molar-refractivity contribution in [1.82, 2.24) is 19.4 Å². The van der Waals surface area contributed by atoms with Gasteiger partial charge in [-0.3, -0.25) is 9.13 Å². The molecule has 0 atom stereocenters. The molecular weight excluding hydrogens is 380 g/mol. The zero-order valence-corrected chi connectivity index (χ0v) is 19.4. The number of carbonyl (C=O) groups excluding carboxylic acids is 1. The minimum Gasteiger partial charge on any atom is -0.446 e. The van der Waals surface area contributed by atoms with Crippen LogP contribution in [0.2, 0.25) is 0 Å². The van der Waals surface area contributed by atoms with E-state index in [9.17, 15) is 9.59 Å². The Kier molecular flexibility index (Phi) is 6.03. The Morgan fingerprint density at radius 2 is 1.77 bits per heavy atom. The second kappa shape index (κ2) is 8.08. The molecule has 0 saturated heterocycles. The summed E-state index contributed by atoms with van der Waals surface area (Å²) in [6.45, 7) is 12.9. The van der Waals surface area contributed by atoms with Gasteiger partial charge in [0.2, 0.25) is 0 Å². The van der Waals surface area contributed by atoms with E-state index in [1.165, 1.54) is 0 Å². The van der Waals surface area contributed by atoms with Crippen molar-refractivity contribution < 1.29 is 9.53 Å². The number of aryl methyl sites for hydroxylation is 1. The standard InChI is InChI=1S/C23H36N4O3/c1-22(2,3)14-27-18-13-12-17(24-19(18)26(7)21(27)29)15-8-10-16(11-9-15)30-20(28)25-23(4,5)6/h12-13,15-16H,8-11,14H2,1-7H3,(H,25,28). The van der Waals surface area contributed by atoms with Crippen LogP contribution in [-0.2, 0) is 18.3 Å². The van der Waals surface area contributed by atoms with E-state index in [1.807, 2.05) is 31.4 Å². The van der Waals surface area contributed by atoms with Gasteiger partial charge in [0.25, 0.3) is 0 Å². The topological polar surface area (TPSA) is 78.1 Å². The van der Waals surface area contributed by atoms with Gasteiger partial charge in [0.05, 0.1) is 5.52 Å². The summed E-state index contributed by atoms with van der Waals surface area (Å²) in [6.07, 6.45) is 3.09. The van der Waals surface area contributed by atoms with Gasteiger partial charge in [-0.2, -0.15) is 0 Å². The summed E-state index contributed by atoms with van der Waals surface area (Å²) in [5, 5.41) is 2.85. The fourth-order valence-corrected chi connectivity index (χ4v) is 4.11. The second-order valence-corrected chi connectivity index (χ2v) is 10.8. The highest BCUT2D eigenvalue weighted by Crippen LogP contribution is 2.34. The van der Waals surface area contributed by atoms with Gasteiger partial charge in [-0.25, -0.2) is 14.6 Å². The molecule has 0 bridgehead atoms. The molecule has 1 fully saturated rings. The van der Waals surface area contributed by atoms with Crippen LogP contribution >= 0.6 is 0 Å². The number of fused-ring (bicyclic) bond motifs is 1. The van der Waals surface area contributed by atoms with Gasteiger partial charge < -0.3 is 10.1 Å². The Morgan fingerprint density at radius 1 is 1.13 bits per heavy atom. The SMILES string of the molecule is Cn1c(=O)n(CC(C)(C)C)c2ccc(C3CCC(OC(=O)NC(C)(C)C)CC3)nc21. The van der Waals surface area contributed by atoms with Gasteiger partial charge >= 0.3 is 11.8 Å². The third-order valence-electron chi connectivity index (χ3n) is 5.48. The van der Waals surface area contributed by atoms with E-state index in [0.29, 0.717) is 12.5 Å². The fraction of sp³-hybridized carbons (Fsp3) is 0.696.